The summed E-state index contributed by atoms with van der Waals surface area (Å²) >= 11 is 0. The van der Waals surface area contributed by atoms with Crippen molar-refractivity contribution in [2.75, 3.05) is 42.8 Å². The van der Waals surface area contributed by atoms with Crippen molar-refractivity contribution in [2.45, 2.75) is 18.9 Å². The van der Waals surface area contributed by atoms with Gasteiger partial charge in [-0.05, 0) is 73.0 Å². The molecule has 214 valence electrons. The molecule has 2 bridgehead atoms. The van der Waals surface area contributed by atoms with Crippen LogP contribution in [0.25, 0.3) is 0 Å². The van der Waals surface area contributed by atoms with Crippen molar-refractivity contribution in [3.63, 3.8) is 0 Å². The molecule has 1 aromatic heterocycles. The highest BCUT2D eigenvalue weighted by molar-refractivity contribution is 6.09. The standard InChI is InChI=1S/C33H32N4O5/c1-41-25-13-10-22(11-14-25)32(39)35-27-17-23(33(40)34-26-6-3-4-8-30(26)42-2)12-15-29(27)36-18-21-16-24(20-36)28-7-5-9-31(38)37(28)19-21/h3-15,17,21,24H,16,18-20H2,1-2H3,(H,34,40)(H,35,39). The molecule has 3 heterocycles. The van der Waals surface area contributed by atoms with Crippen LogP contribution < -0.4 is 30.6 Å². The van der Waals surface area contributed by atoms with Crippen molar-refractivity contribution < 1.29 is 19.1 Å². The Bertz CT molecular complexity index is 1700. The van der Waals surface area contributed by atoms with Crippen LogP contribution in [0.1, 0.15) is 38.7 Å². The fraction of sp³-hybridized carbons (Fsp3) is 0.242. The van der Waals surface area contributed by atoms with Gasteiger partial charge in [-0.25, -0.2) is 0 Å². The molecule has 4 aromatic rings. The molecule has 9 nitrogen and oxygen atoms in total. The summed E-state index contributed by atoms with van der Waals surface area (Å²) in [5.41, 5.74) is 3.85. The maximum atomic E-state index is 13.4. The number of rotatable bonds is 7. The van der Waals surface area contributed by atoms with Crippen LogP contribution in [-0.4, -0.2) is 43.7 Å². The van der Waals surface area contributed by atoms with E-state index in [0.717, 1.165) is 24.3 Å². The maximum Gasteiger partial charge on any atom is 0.255 e. The number of amides is 2. The number of aromatic nitrogens is 1. The summed E-state index contributed by atoms with van der Waals surface area (Å²) in [6.45, 7) is 2.09. The fourth-order valence-corrected chi connectivity index (χ4v) is 6.03. The van der Waals surface area contributed by atoms with E-state index in [-0.39, 0.29) is 29.2 Å². The number of ether oxygens (including phenoxy) is 2. The minimum atomic E-state index is -0.324. The Labute approximate surface area is 243 Å². The predicted molar refractivity (Wildman–Crippen MR) is 162 cm³/mol. The number of nitrogens with one attached hydrogen (secondary N) is 2. The zero-order valence-electron chi connectivity index (χ0n) is 23.5. The lowest BCUT2D eigenvalue weighted by Gasteiger charge is -2.44. The number of fused-ring (bicyclic) bond motifs is 4. The van der Waals surface area contributed by atoms with Gasteiger partial charge in [-0.2, -0.15) is 0 Å². The molecule has 1 fully saturated rings. The molecule has 0 saturated carbocycles. The number of hydrogen-bond acceptors (Lipinski definition) is 6. The van der Waals surface area contributed by atoms with Crippen LogP contribution in [0.15, 0.2) is 89.7 Å². The first-order chi connectivity index (χ1) is 20.4. The molecule has 2 unspecified atom stereocenters. The SMILES string of the molecule is COc1ccc(C(=O)Nc2cc(C(=O)Nc3ccccc3OC)ccc2N2CC3CC(C2)c2cccc(=O)n2C3)cc1. The second-order valence-corrected chi connectivity index (χ2v) is 10.7. The third-order valence-corrected chi connectivity index (χ3v) is 8.03. The zero-order chi connectivity index (χ0) is 29.2. The van der Waals surface area contributed by atoms with E-state index in [0.29, 0.717) is 47.1 Å². The first-order valence-electron chi connectivity index (χ1n) is 13.9. The topological polar surface area (TPSA) is 102 Å². The van der Waals surface area contributed by atoms with E-state index in [1.807, 2.05) is 34.9 Å². The van der Waals surface area contributed by atoms with Gasteiger partial charge in [0.2, 0.25) is 0 Å². The Hall–Kier alpha value is -5.05. The lowest BCUT2D eigenvalue weighted by molar-refractivity contribution is 0.101. The van der Waals surface area contributed by atoms with Gasteiger partial charge in [0.15, 0.2) is 0 Å². The second-order valence-electron chi connectivity index (χ2n) is 10.7. The average Bonchev–Trinajstić information content (AvgIpc) is 3.01. The molecular weight excluding hydrogens is 532 g/mol. The number of carbonyl (C=O) groups excluding carboxylic acids is 2. The highest BCUT2D eigenvalue weighted by Crippen LogP contribution is 2.39. The molecule has 2 aliphatic heterocycles. The van der Waals surface area contributed by atoms with E-state index in [2.05, 4.69) is 15.5 Å². The number of methoxy groups -OCH3 is 2. The molecule has 0 spiro atoms. The molecule has 3 aromatic carbocycles. The molecular formula is C33H32N4O5. The number of para-hydroxylation sites is 2. The van der Waals surface area contributed by atoms with Crippen LogP contribution in [0.3, 0.4) is 0 Å². The molecule has 9 heteroatoms. The first-order valence-corrected chi connectivity index (χ1v) is 13.9. The Morgan fingerprint density at radius 3 is 2.29 bits per heavy atom. The summed E-state index contributed by atoms with van der Waals surface area (Å²) in [6.07, 6.45) is 1.01. The van der Waals surface area contributed by atoms with Gasteiger partial charge in [-0.15, -0.1) is 0 Å². The van der Waals surface area contributed by atoms with E-state index in [1.54, 1.807) is 68.8 Å². The lowest BCUT2D eigenvalue weighted by Crippen LogP contribution is -2.47. The normalized spacial score (nSPS) is 17.1. The largest absolute Gasteiger partial charge is 0.497 e. The Kier molecular flexibility index (Phi) is 7.39. The van der Waals surface area contributed by atoms with Crippen LogP contribution >= 0.6 is 0 Å². The second kappa shape index (κ2) is 11.4. The van der Waals surface area contributed by atoms with Crippen LogP contribution in [-0.2, 0) is 6.54 Å². The number of piperidine rings is 1. The predicted octanol–water partition coefficient (Wildman–Crippen LogP) is 4.99. The van der Waals surface area contributed by atoms with Crippen molar-refractivity contribution in [2.24, 2.45) is 5.92 Å². The first kappa shape index (κ1) is 27.1. The maximum absolute atomic E-state index is 13.4. The highest BCUT2D eigenvalue weighted by atomic mass is 16.5. The van der Waals surface area contributed by atoms with E-state index < -0.39 is 0 Å². The van der Waals surface area contributed by atoms with Gasteiger partial charge in [0.05, 0.1) is 31.3 Å². The molecule has 2 aliphatic rings. The lowest BCUT2D eigenvalue weighted by atomic mass is 9.83. The van der Waals surface area contributed by atoms with E-state index in [4.69, 9.17) is 9.47 Å². The Morgan fingerprint density at radius 2 is 1.50 bits per heavy atom. The number of benzene rings is 3. The van der Waals surface area contributed by atoms with Gasteiger partial charge in [0.1, 0.15) is 11.5 Å². The van der Waals surface area contributed by atoms with Crippen LogP contribution in [0.4, 0.5) is 17.1 Å². The fourth-order valence-electron chi connectivity index (χ4n) is 6.03. The summed E-state index contributed by atoms with van der Waals surface area (Å²) in [7, 11) is 3.13. The third kappa shape index (κ3) is 5.33. The third-order valence-electron chi connectivity index (χ3n) is 8.03. The molecule has 2 amide bonds. The molecule has 0 radical (unpaired) electrons. The van der Waals surface area contributed by atoms with E-state index in [1.165, 1.54) is 0 Å². The number of hydrogen-bond donors (Lipinski definition) is 2. The van der Waals surface area contributed by atoms with Gasteiger partial charge >= 0.3 is 0 Å². The van der Waals surface area contributed by atoms with Crippen LogP contribution in [0.5, 0.6) is 11.5 Å². The minimum absolute atomic E-state index is 0.0357. The van der Waals surface area contributed by atoms with E-state index >= 15 is 0 Å². The van der Waals surface area contributed by atoms with Crippen molar-refractivity contribution in [1.29, 1.82) is 0 Å². The summed E-state index contributed by atoms with van der Waals surface area (Å²) in [4.78, 5) is 41.5. The van der Waals surface area contributed by atoms with Gasteiger partial charge < -0.3 is 29.6 Å². The molecule has 0 aliphatic carbocycles. The molecule has 2 N–H and O–H groups in total. The van der Waals surface area contributed by atoms with Gasteiger partial charge in [-0.3, -0.25) is 14.4 Å². The zero-order valence-corrected chi connectivity index (χ0v) is 23.5. The van der Waals surface area contributed by atoms with E-state index in [9.17, 15) is 14.4 Å². The van der Waals surface area contributed by atoms with Crippen molar-refractivity contribution in [1.82, 2.24) is 4.57 Å². The number of nitrogens with zero attached hydrogens (tertiary/aromatic N) is 2. The molecule has 2 atom stereocenters. The Balaban J connectivity index is 1.33. The van der Waals surface area contributed by atoms with Crippen molar-refractivity contribution in [3.8, 4) is 11.5 Å². The average molecular weight is 565 g/mol. The summed E-state index contributed by atoms with van der Waals surface area (Å²) in [5.74, 6) is 1.06. The molecule has 42 heavy (non-hydrogen) atoms. The van der Waals surface area contributed by atoms with Crippen LogP contribution in [0, 0.1) is 5.92 Å². The Morgan fingerprint density at radius 1 is 0.762 bits per heavy atom. The number of anilines is 3. The summed E-state index contributed by atoms with van der Waals surface area (Å²) < 4.78 is 12.5. The number of carbonyl (C=O) groups is 2. The minimum Gasteiger partial charge on any atom is -0.497 e. The van der Waals surface area contributed by atoms with Gasteiger partial charge in [-0.1, -0.05) is 18.2 Å². The monoisotopic (exact) mass is 564 g/mol. The van der Waals surface area contributed by atoms with Crippen LogP contribution in [0.2, 0.25) is 0 Å². The highest BCUT2D eigenvalue weighted by Gasteiger charge is 2.35. The number of pyridine rings is 1. The quantitative estimate of drug-likeness (QED) is 0.328. The van der Waals surface area contributed by atoms with Crippen molar-refractivity contribution in [3.05, 3.63) is 112 Å². The summed E-state index contributed by atoms with van der Waals surface area (Å²) in [5, 5.41) is 5.97. The van der Waals surface area contributed by atoms with Gasteiger partial charge in [0.25, 0.3) is 17.4 Å². The molecule has 6 rings (SSSR count). The molecule has 1 saturated heterocycles. The summed E-state index contributed by atoms with van der Waals surface area (Å²) in [6, 6.07) is 24.9. The van der Waals surface area contributed by atoms with Crippen molar-refractivity contribution >= 4 is 28.9 Å². The smallest absolute Gasteiger partial charge is 0.255 e. The van der Waals surface area contributed by atoms with Gasteiger partial charge in [0, 0.05) is 48.4 Å².